The van der Waals surface area contributed by atoms with Gasteiger partial charge in [0.25, 0.3) is 5.91 Å². The summed E-state index contributed by atoms with van der Waals surface area (Å²) in [4.78, 5) is 21.4. The van der Waals surface area contributed by atoms with Crippen molar-refractivity contribution in [1.82, 2.24) is 9.29 Å². The van der Waals surface area contributed by atoms with Crippen LogP contribution in [0.3, 0.4) is 0 Å². The smallest absolute Gasteiger partial charge is 0.260 e. The number of amides is 1. The third-order valence-corrected chi connectivity index (χ3v) is 9.57. The van der Waals surface area contributed by atoms with Gasteiger partial charge in [-0.2, -0.15) is 4.31 Å². The van der Waals surface area contributed by atoms with Gasteiger partial charge in [-0.3, -0.25) is 9.69 Å². The van der Waals surface area contributed by atoms with Crippen LogP contribution in [0.5, 0.6) is 0 Å². The van der Waals surface area contributed by atoms with Crippen LogP contribution >= 0.6 is 23.1 Å². The number of anilines is 1. The molecule has 3 aromatic carbocycles. The first-order valence-corrected chi connectivity index (χ1v) is 14.8. The lowest BCUT2D eigenvalue weighted by molar-refractivity contribution is 0.0985. The summed E-state index contributed by atoms with van der Waals surface area (Å²) in [6.45, 7) is 4.75. The van der Waals surface area contributed by atoms with Crippen LogP contribution in [0.4, 0.5) is 5.13 Å². The van der Waals surface area contributed by atoms with Crippen molar-refractivity contribution in [3.05, 3.63) is 83.9 Å². The average molecular weight is 526 g/mol. The van der Waals surface area contributed by atoms with Crippen LogP contribution in [0.25, 0.3) is 10.2 Å². The minimum absolute atomic E-state index is 0.178. The number of sulfonamides is 1. The van der Waals surface area contributed by atoms with Crippen LogP contribution < -0.4 is 4.90 Å². The second kappa shape index (κ2) is 10.9. The number of hydrogen-bond acceptors (Lipinski definition) is 6. The highest BCUT2D eigenvalue weighted by Gasteiger charge is 2.25. The van der Waals surface area contributed by atoms with E-state index in [4.69, 9.17) is 4.98 Å². The van der Waals surface area contributed by atoms with E-state index >= 15 is 0 Å². The molecular formula is C26H27N3O3S3. The van der Waals surface area contributed by atoms with Crippen LogP contribution in [-0.2, 0) is 16.6 Å². The van der Waals surface area contributed by atoms with E-state index in [9.17, 15) is 13.2 Å². The van der Waals surface area contributed by atoms with Crippen LogP contribution in [0.15, 0.2) is 82.6 Å². The molecule has 1 heterocycles. The number of nitrogens with zero attached hydrogens (tertiary/aromatic N) is 3. The van der Waals surface area contributed by atoms with Gasteiger partial charge in [0.1, 0.15) is 0 Å². The fourth-order valence-corrected chi connectivity index (χ4v) is 6.90. The number of thiazole rings is 1. The van der Waals surface area contributed by atoms with Gasteiger partial charge in [-0.05, 0) is 48.2 Å². The number of para-hydroxylation sites is 1. The van der Waals surface area contributed by atoms with E-state index in [2.05, 4.69) is 0 Å². The number of carbonyl (C=O) groups excluding carboxylic acids is 1. The number of benzene rings is 3. The molecule has 0 saturated carbocycles. The van der Waals surface area contributed by atoms with Crippen molar-refractivity contribution >= 4 is 54.4 Å². The minimum atomic E-state index is -3.59. The highest BCUT2D eigenvalue weighted by atomic mass is 32.2. The van der Waals surface area contributed by atoms with Crippen LogP contribution in [0, 0.1) is 0 Å². The van der Waals surface area contributed by atoms with E-state index in [1.54, 1.807) is 42.6 Å². The highest BCUT2D eigenvalue weighted by Crippen LogP contribution is 2.35. The number of rotatable bonds is 9. The molecule has 9 heteroatoms. The zero-order valence-electron chi connectivity index (χ0n) is 19.8. The number of carbonyl (C=O) groups is 1. The van der Waals surface area contributed by atoms with E-state index in [-0.39, 0.29) is 10.8 Å². The summed E-state index contributed by atoms with van der Waals surface area (Å²) in [6, 6.07) is 22.0. The van der Waals surface area contributed by atoms with Crippen molar-refractivity contribution in [2.75, 3.05) is 24.2 Å². The Morgan fingerprint density at radius 3 is 2.26 bits per heavy atom. The monoisotopic (exact) mass is 525 g/mol. The largest absolute Gasteiger partial charge is 0.279 e. The van der Waals surface area contributed by atoms with Crippen molar-refractivity contribution < 1.29 is 13.2 Å². The van der Waals surface area contributed by atoms with Crippen molar-refractivity contribution in [2.45, 2.75) is 30.2 Å². The minimum Gasteiger partial charge on any atom is -0.279 e. The molecule has 1 aromatic heterocycles. The Morgan fingerprint density at radius 1 is 0.943 bits per heavy atom. The molecule has 35 heavy (non-hydrogen) atoms. The molecule has 0 spiro atoms. The summed E-state index contributed by atoms with van der Waals surface area (Å²) in [6.07, 6.45) is 2.01. The third-order valence-electron chi connectivity index (χ3n) is 5.69. The summed E-state index contributed by atoms with van der Waals surface area (Å²) in [5, 5.41) is 0.607. The Morgan fingerprint density at radius 2 is 1.63 bits per heavy atom. The van der Waals surface area contributed by atoms with E-state index in [0.717, 1.165) is 20.7 Å². The average Bonchev–Trinajstić information content (AvgIpc) is 3.32. The first-order chi connectivity index (χ1) is 16.9. The zero-order chi connectivity index (χ0) is 25.0. The molecule has 4 rings (SSSR count). The van der Waals surface area contributed by atoms with Crippen LogP contribution in [-0.4, -0.2) is 43.0 Å². The lowest BCUT2D eigenvalue weighted by Gasteiger charge is -2.21. The van der Waals surface area contributed by atoms with Gasteiger partial charge in [-0.15, -0.1) is 11.8 Å². The maximum atomic E-state index is 13.7. The number of fused-ring (bicyclic) bond motifs is 1. The van der Waals surface area contributed by atoms with Crippen molar-refractivity contribution in [1.29, 1.82) is 0 Å². The normalized spacial score (nSPS) is 11.8. The molecule has 0 bridgehead atoms. The van der Waals surface area contributed by atoms with E-state index in [1.807, 2.05) is 54.8 Å². The Kier molecular flexibility index (Phi) is 7.91. The number of aromatic nitrogens is 1. The zero-order valence-corrected chi connectivity index (χ0v) is 22.3. The molecule has 6 nitrogen and oxygen atoms in total. The van der Waals surface area contributed by atoms with Crippen molar-refractivity contribution in [2.24, 2.45) is 0 Å². The summed E-state index contributed by atoms with van der Waals surface area (Å²) in [5.74, 6) is -0.231. The summed E-state index contributed by atoms with van der Waals surface area (Å²) >= 11 is 3.09. The van der Waals surface area contributed by atoms with Gasteiger partial charge in [0.05, 0.1) is 21.7 Å². The predicted octanol–water partition coefficient (Wildman–Crippen LogP) is 5.90. The lowest BCUT2D eigenvalue weighted by Crippen LogP contribution is -2.31. The van der Waals surface area contributed by atoms with Gasteiger partial charge >= 0.3 is 0 Å². The molecular weight excluding hydrogens is 499 g/mol. The first kappa shape index (κ1) is 25.4. The van der Waals surface area contributed by atoms with Crippen molar-refractivity contribution in [3.63, 3.8) is 0 Å². The third kappa shape index (κ3) is 5.28. The molecule has 4 aromatic rings. The van der Waals surface area contributed by atoms with E-state index in [0.29, 0.717) is 30.3 Å². The van der Waals surface area contributed by atoms with Crippen LogP contribution in [0.1, 0.15) is 29.8 Å². The van der Waals surface area contributed by atoms with E-state index < -0.39 is 10.0 Å². The first-order valence-electron chi connectivity index (χ1n) is 11.3. The molecule has 0 atom stereocenters. The fourth-order valence-electron chi connectivity index (χ4n) is 3.82. The summed E-state index contributed by atoms with van der Waals surface area (Å²) in [7, 11) is -3.59. The van der Waals surface area contributed by atoms with Gasteiger partial charge in [0, 0.05) is 23.5 Å². The Labute approximate surface area is 214 Å². The predicted molar refractivity (Wildman–Crippen MR) is 145 cm³/mol. The van der Waals surface area contributed by atoms with Crippen molar-refractivity contribution in [3.8, 4) is 0 Å². The fraction of sp³-hybridized carbons (Fsp3) is 0.231. The molecule has 0 unspecified atom stereocenters. The number of hydrogen-bond donors (Lipinski definition) is 0. The molecule has 0 radical (unpaired) electrons. The summed E-state index contributed by atoms with van der Waals surface area (Å²) < 4.78 is 28.1. The van der Waals surface area contributed by atoms with Gasteiger partial charge < -0.3 is 0 Å². The van der Waals surface area contributed by atoms with Crippen LogP contribution in [0.2, 0.25) is 0 Å². The quantitative estimate of drug-likeness (QED) is 0.255. The topological polar surface area (TPSA) is 70.6 Å². The molecule has 0 aliphatic rings. The SMILES string of the molecule is CCN(CC)S(=O)(=O)c1ccc(C(=O)N(Cc2ccccc2)c2nc3c(SC)cccc3s2)cc1. The Hall–Kier alpha value is -2.72. The molecule has 0 aliphatic carbocycles. The van der Waals surface area contributed by atoms with Gasteiger partial charge in [0.15, 0.2) is 5.13 Å². The highest BCUT2D eigenvalue weighted by molar-refractivity contribution is 7.98. The second-order valence-electron chi connectivity index (χ2n) is 7.79. The molecule has 1 amide bonds. The molecule has 0 aliphatic heterocycles. The summed E-state index contributed by atoms with van der Waals surface area (Å²) in [5.41, 5.74) is 2.27. The Bertz CT molecular complexity index is 1410. The number of thioether (sulfide) groups is 1. The molecule has 0 saturated heterocycles. The maximum absolute atomic E-state index is 13.7. The maximum Gasteiger partial charge on any atom is 0.260 e. The van der Waals surface area contributed by atoms with E-state index in [1.165, 1.54) is 27.8 Å². The molecule has 0 fully saturated rings. The van der Waals surface area contributed by atoms with Gasteiger partial charge in [0.2, 0.25) is 10.0 Å². The second-order valence-corrected chi connectivity index (χ2v) is 11.6. The van der Waals surface area contributed by atoms with Gasteiger partial charge in [-0.25, -0.2) is 13.4 Å². The molecule has 0 N–H and O–H groups in total. The molecule has 182 valence electrons. The van der Waals surface area contributed by atoms with Gasteiger partial charge in [-0.1, -0.05) is 61.6 Å². The standard InChI is InChI=1S/C26H27N3O3S3/c1-4-28(5-2)35(31,32)21-16-14-20(15-17-21)25(30)29(18-19-10-7-6-8-11-19)26-27-24-22(33-3)12-9-13-23(24)34-26/h6-17H,4-5,18H2,1-3H3. The lowest BCUT2D eigenvalue weighted by atomic mass is 10.1. The Balaban J connectivity index is 1.72.